The molecular formula is C21H17F2N5O. The number of rotatable bonds is 6. The molecular weight excluding hydrogens is 376 g/mol. The van der Waals surface area contributed by atoms with Crippen molar-refractivity contribution in [3.05, 3.63) is 78.3 Å². The summed E-state index contributed by atoms with van der Waals surface area (Å²) in [7, 11) is 0. The van der Waals surface area contributed by atoms with Crippen molar-refractivity contribution in [3.8, 4) is 11.6 Å². The Morgan fingerprint density at radius 1 is 0.897 bits per heavy atom. The first-order valence-corrected chi connectivity index (χ1v) is 8.91. The van der Waals surface area contributed by atoms with E-state index in [0.717, 1.165) is 17.7 Å². The minimum absolute atomic E-state index is 0.0414. The molecule has 0 aliphatic rings. The predicted molar refractivity (Wildman–Crippen MR) is 107 cm³/mol. The number of hydrogen-bond acceptors (Lipinski definition) is 6. The summed E-state index contributed by atoms with van der Waals surface area (Å²) in [6.07, 6.45) is 3.40. The Labute approximate surface area is 165 Å². The number of nitrogens with one attached hydrogen (secondary N) is 1. The van der Waals surface area contributed by atoms with Crippen LogP contribution in [0.3, 0.4) is 0 Å². The average Bonchev–Trinajstić information content (AvgIpc) is 2.74. The molecule has 0 radical (unpaired) electrons. The van der Waals surface area contributed by atoms with Crippen LogP contribution in [0.5, 0.6) is 11.6 Å². The number of fused-ring (bicyclic) bond motifs is 1. The van der Waals surface area contributed by atoms with Gasteiger partial charge in [-0.2, -0.15) is 0 Å². The first-order valence-electron chi connectivity index (χ1n) is 8.91. The zero-order valence-corrected chi connectivity index (χ0v) is 15.3. The van der Waals surface area contributed by atoms with E-state index >= 15 is 0 Å². The maximum Gasteiger partial charge on any atom is 0.219 e. The van der Waals surface area contributed by atoms with Gasteiger partial charge >= 0.3 is 0 Å². The third-order valence-electron chi connectivity index (χ3n) is 4.30. The fourth-order valence-electron chi connectivity index (χ4n) is 2.86. The van der Waals surface area contributed by atoms with Gasteiger partial charge in [0.25, 0.3) is 0 Å². The standard InChI is InChI=1S/C21H17F2N5O/c22-16-6-7-17(23)20-19(16)21(28-12-27-20)25-10-9-13-1-4-15(5-2-13)29-18-8-3-14(24)11-26-18/h1-8,11-12H,9-10,24H2,(H,25,27,28). The molecule has 0 aliphatic heterocycles. The summed E-state index contributed by atoms with van der Waals surface area (Å²) in [4.78, 5) is 12.0. The van der Waals surface area contributed by atoms with Crippen LogP contribution in [0, 0.1) is 11.6 Å². The second-order valence-corrected chi connectivity index (χ2v) is 6.33. The Bertz CT molecular complexity index is 1130. The second-order valence-electron chi connectivity index (χ2n) is 6.33. The lowest BCUT2D eigenvalue weighted by Gasteiger charge is -2.10. The van der Waals surface area contributed by atoms with Crippen LogP contribution < -0.4 is 15.8 Å². The average molecular weight is 393 g/mol. The predicted octanol–water partition coefficient (Wildman–Crippen LogP) is 4.33. The van der Waals surface area contributed by atoms with Crippen LogP contribution in [0.1, 0.15) is 5.56 Å². The van der Waals surface area contributed by atoms with E-state index in [1.807, 2.05) is 24.3 Å². The maximum absolute atomic E-state index is 14.1. The zero-order chi connectivity index (χ0) is 20.2. The summed E-state index contributed by atoms with van der Waals surface area (Å²) in [5.74, 6) is 0.221. The molecule has 0 bridgehead atoms. The van der Waals surface area contributed by atoms with Gasteiger partial charge in [0, 0.05) is 12.6 Å². The van der Waals surface area contributed by atoms with E-state index in [1.165, 1.54) is 12.5 Å². The van der Waals surface area contributed by atoms with Crippen molar-refractivity contribution in [2.24, 2.45) is 0 Å². The molecule has 0 saturated carbocycles. The molecule has 0 atom stereocenters. The number of nitrogen functional groups attached to an aromatic ring is 1. The van der Waals surface area contributed by atoms with Crippen molar-refractivity contribution >= 4 is 22.4 Å². The Balaban J connectivity index is 1.39. The smallest absolute Gasteiger partial charge is 0.219 e. The van der Waals surface area contributed by atoms with Gasteiger partial charge in [-0.3, -0.25) is 0 Å². The van der Waals surface area contributed by atoms with Gasteiger partial charge in [0.15, 0.2) is 0 Å². The summed E-state index contributed by atoms with van der Waals surface area (Å²) >= 11 is 0. The Hall–Kier alpha value is -3.81. The summed E-state index contributed by atoms with van der Waals surface area (Å²) in [6.45, 7) is 0.488. The first-order chi connectivity index (χ1) is 14.1. The van der Waals surface area contributed by atoms with Crippen LogP contribution in [-0.4, -0.2) is 21.5 Å². The molecule has 8 heteroatoms. The molecule has 0 saturated heterocycles. The molecule has 4 rings (SSSR count). The minimum atomic E-state index is -0.585. The second kappa shape index (κ2) is 8.05. The molecule has 0 aliphatic carbocycles. The van der Waals surface area contributed by atoms with Crippen molar-refractivity contribution in [1.29, 1.82) is 0 Å². The number of ether oxygens (including phenoxy) is 1. The minimum Gasteiger partial charge on any atom is -0.439 e. The molecule has 3 N–H and O–H groups in total. The van der Waals surface area contributed by atoms with E-state index in [9.17, 15) is 8.78 Å². The molecule has 4 aromatic rings. The van der Waals surface area contributed by atoms with Gasteiger partial charge in [-0.15, -0.1) is 0 Å². The van der Waals surface area contributed by atoms with Crippen LogP contribution in [0.2, 0.25) is 0 Å². The molecule has 0 amide bonds. The highest BCUT2D eigenvalue weighted by Crippen LogP contribution is 2.25. The Morgan fingerprint density at radius 3 is 2.45 bits per heavy atom. The molecule has 2 aromatic heterocycles. The van der Waals surface area contributed by atoms with Crippen molar-refractivity contribution < 1.29 is 13.5 Å². The maximum atomic E-state index is 14.1. The van der Waals surface area contributed by atoms with Crippen molar-refractivity contribution in [2.45, 2.75) is 6.42 Å². The van der Waals surface area contributed by atoms with E-state index in [-0.39, 0.29) is 16.7 Å². The molecule has 0 unspecified atom stereocenters. The summed E-state index contributed by atoms with van der Waals surface area (Å²) in [5, 5.41) is 3.10. The van der Waals surface area contributed by atoms with Gasteiger partial charge in [0.2, 0.25) is 5.88 Å². The van der Waals surface area contributed by atoms with E-state index in [1.54, 1.807) is 12.1 Å². The van der Waals surface area contributed by atoms with Crippen molar-refractivity contribution in [1.82, 2.24) is 15.0 Å². The number of anilines is 2. The Morgan fingerprint density at radius 2 is 1.69 bits per heavy atom. The molecule has 146 valence electrons. The van der Waals surface area contributed by atoms with Crippen LogP contribution in [0.25, 0.3) is 10.9 Å². The lowest BCUT2D eigenvalue weighted by molar-refractivity contribution is 0.463. The number of nitrogens with zero attached hydrogens (tertiary/aromatic N) is 3. The van der Waals surface area contributed by atoms with E-state index in [0.29, 0.717) is 30.3 Å². The van der Waals surface area contributed by atoms with E-state index in [4.69, 9.17) is 10.5 Å². The van der Waals surface area contributed by atoms with Crippen LogP contribution in [0.15, 0.2) is 61.1 Å². The van der Waals surface area contributed by atoms with Crippen molar-refractivity contribution in [3.63, 3.8) is 0 Å². The molecule has 6 nitrogen and oxygen atoms in total. The van der Waals surface area contributed by atoms with E-state index in [2.05, 4.69) is 20.3 Å². The van der Waals surface area contributed by atoms with E-state index < -0.39 is 11.6 Å². The van der Waals surface area contributed by atoms with Gasteiger partial charge in [0.05, 0.1) is 17.3 Å². The number of nitrogens with two attached hydrogens (primary N) is 1. The Kier molecular flexibility index (Phi) is 5.15. The van der Waals surface area contributed by atoms with Gasteiger partial charge in [-0.1, -0.05) is 12.1 Å². The normalized spacial score (nSPS) is 10.8. The fraction of sp³-hybridized carbons (Fsp3) is 0.0952. The largest absolute Gasteiger partial charge is 0.439 e. The highest BCUT2D eigenvalue weighted by Gasteiger charge is 2.12. The number of hydrogen-bond donors (Lipinski definition) is 2. The van der Waals surface area contributed by atoms with Crippen molar-refractivity contribution in [2.75, 3.05) is 17.6 Å². The summed E-state index contributed by atoms with van der Waals surface area (Å²) in [5.41, 5.74) is 7.17. The molecule has 2 aromatic carbocycles. The monoisotopic (exact) mass is 393 g/mol. The fourth-order valence-corrected chi connectivity index (χ4v) is 2.86. The molecule has 0 fully saturated rings. The summed E-state index contributed by atoms with van der Waals surface area (Å²) < 4.78 is 33.6. The van der Waals surface area contributed by atoms with Gasteiger partial charge in [0.1, 0.15) is 35.0 Å². The molecule has 2 heterocycles. The topological polar surface area (TPSA) is 86.0 Å². The van der Waals surface area contributed by atoms with Gasteiger partial charge in [-0.05, 0) is 42.3 Å². The highest BCUT2D eigenvalue weighted by molar-refractivity contribution is 5.89. The SMILES string of the molecule is Nc1ccc(Oc2ccc(CCNc3ncnc4c(F)ccc(F)c34)cc2)nc1. The lowest BCUT2D eigenvalue weighted by Crippen LogP contribution is -2.08. The number of pyridine rings is 1. The van der Waals surface area contributed by atoms with Gasteiger partial charge < -0.3 is 15.8 Å². The van der Waals surface area contributed by atoms with Crippen LogP contribution in [-0.2, 0) is 6.42 Å². The first kappa shape index (κ1) is 18.5. The molecule has 29 heavy (non-hydrogen) atoms. The van der Waals surface area contributed by atoms with Crippen LogP contribution >= 0.6 is 0 Å². The number of aromatic nitrogens is 3. The zero-order valence-electron chi connectivity index (χ0n) is 15.3. The quantitative estimate of drug-likeness (QED) is 0.507. The van der Waals surface area contributed by atoms with Crippen LogP contribution in [0.4, 0.5) is 20.3 Å². The highest BCUT2D eigenvalue weighted by atomic mass is 19.1. The number of benzene rings is 2. The summed E-state index contributed by atoms with van der Waals surface area (Å²) in [6, 6.07) is 13.1. The number of halogens is 2. The third-order valence-corrected chi connectivity index (χ3v) is 4.30. The molecule has 0 spiro atoms. The third kappa shape index (κ3) is 4.21. The lowest BCUT2D eigenvalue weighted by atomic mass is 10.1. The van der Waals surface area contributed by atoms with Gasteiger partial charge in [-0.25, -0.2) is 23.7 Å².